The zero-order valence-corrected chi connectivity index (χ0v) is 19.1. The lowest BCUT2D eigenvalue weighted by Crippen LogP contribution is -2.76. The summed E-state index contributed by atoms with van der Waals surface area (Å²) in [6.45, 7) is 5.81. The molecule has 3 aliphatic rings. The summed E-state index contributed by atoms with van der Waals surface area (Å²) in [5.41, 5.74) is 0.993. The number of amides is 4. The molecule has 4 amide bonds. The van der Waals surface area contributed by atoms with Crippen LogP contribution in [-0.2, 0) is 20.9 Å². The first-order chi connectivity index (χ1) is 15.4. The molecule has 3 heterocycles. The van der Waals surface area contributed by atoms with Crippen molar-refractivity contribution >= 4 is 17.8 Å². The molecule has 9 heteroatoms. The molecule has 3 saturated heterocycles. The van der Waals surface area contributed by atoms with Gasteiger partial charge in [0.1, 0.15) is 12.2 Å². The summed E-state index contributed by atoms with van der Waals surface area (Å²) in [5, 5.41) is 6.22. The number of benzene rings is 1. The second-order valence-corrected chi connectivity index (χ2v) is 9.15. The minimum Gasteiger partial charge on any atom is -0.376 e. The van der Waals surface area contributed by atoms with E-state index in [-0.39, 0.29) is 43.0 Å². The Morgan fingerprint density at radius 1 is 1.22 bits per heavy atom. The van der Waals surface area contributed by atoms with E-state index in [0.717, 1.165) is 18.4 Å². The maximum absolute atomic E-state index is 13.4. The Morgan fingerprint density at radius 2 is 1.97 bits per heavy atom. The fourth-order valence-corrected chi connectivity index (χ4v) is 4.91. The van der Waals surface area contributed by atoms with Crippen molar-refractivity contribution in [3.63, 3.8) is 0 Å². The monoisotopic (exact) mass is 443 g/mol. The molecule has 1 aromatic rings. The highest BCUT2D eigenvalue weighted by molar-refractivity contribution is 5.91. The summed E-state index contributed by atoms with van der Waals surface area (Å²) in [6.07, 6.45) is 1.37. The SMILES string of the molecule is CC(C)[C@H]1C(=O)N(CC2CCCO2)C[C@H]2N1C(=O)CN(C)N2C(=O)NCc1ccccc1. The molecule has 0 saturated carbocycles. The summed E-state index contributed by atoms with van der Waals surface area (Å²) < 4.78 is 5.76. The number of nitrogens with one attached hydrogen (secondary N) is 1. The van der Waals surface area contributed by atoms with E-state index in [0.29, 0.717) is 19.7 Å². The summed E-state index contributed by atoms with van der Waals surface area (Å²) in [4.78, 5) is 43.1. The first-order valence-corrected chi connectivity index (χ1v) is 11.4. The Bertz CT molecular complexity index is 842. The average molecular weight is 444 g/mol. The first kappa shape index (κ1) is 22.5. The van der Waals surface area contributed by atoms with E-state index < -0.39 is 12.2 Å². The first-order valence-electron chi connectivity index (χ1n) is 11.4. The van der Waals surface area contributed by atoms with Crippen molar-refractivity contribution < 1.29 is 19.1 Å². The van der Waals surface area contributed by atoms with Gasteiger partial charge < -0.3 is 19.9 Å². The number of urea groups is 1. The van der Waals surface area contributed by atoms with E-state index in [1.807, 2.05) is 44.2 Å². The summed E-state index contributed by atoms with van der Waals surface area (Å²) in [6, 6.07) is 8.81. The standard InChI is InChI=1S/C23H33N5O4/c1-16(2)21-22(30)26(13-18-10-7-11-32-18)14-19-27(21)20(29)15-25(3)28(19)23(31)24-12-17-8-5-4-6-9-17/h4-6,8-9,16,18-19,21H,7,10-15H2,1-3H3,(H,24,31)/t18?,19-,21-/m0/s1. The number of ether oxygens (including phenoxy) is 1. The van der Waals surface area contributed by atoms with Gasteiger partial charge in [-0.2, -0.15) is 0 Å². The van der Waals surface area contributed by atoms with Crippen molar-refractivity contribution in [1.29, 1.82) is 0 Å². The number of hydrazine groups is 1. The van der Waals surface area contributed by atoms with Crippen LogP contribution >= 0.6 is 0 Å². The maximum atomic E-state index is 13.4. The number of hydrogen-bond acceptors (Lipinski definition) is 5. The molecule has 3 aliphatic heterocycles. The molecule has 0 aromatic heterocycles. The van der Waals surface area contributed by atoms with Gasteiger partial charge in [0.15, 0.2) is 0 Å². The van der Waals surface area contributed by atoms with Gasteiger partial charge >= 0.3 is 6.03 Å². The summed E-state index contributed by atoms with van der Waals surface area (Å²) in [7, 11) is 1.74. The third-order valence-corrected chi connectivity index (χ3v) is 6.45. The van der Waals surface area contributed by atoms with Crippen LogP contribution in [0.15, 0.2) is 30.3 Å². The van der Waals surface area contributed by atoms with Crippen molar-refractivity contribution in [2.24, 2.45) is 5.92 Å². The quantitative estimate of drug-likeness (QED) is 0.741. The van der Waals surface area contributed by atoms with E-state index in [2.05, 4.69) is 5.32 Å². The van der Waals surface area contributed by atoms with Gasteiger partial charge in [-0.05, 0) is 24.3 Å². The van der Waals surface area contributed by atoms with Crippen molar-refractivity contribution in [3.05, 3.63) is 35.9 Å². The summed E-state index contributed by atoms with van der Waals surface area (Å²) in [5.74, 6) is -0.262. The number of hydrogen-bond donors (Lipinski definition) is 1. The molecule has 3 atom stereocenters. The van der Waals surface area contributed by atoms with Crippen LogP contribution in [0, 0.1) is 5.92 Å². The molecular weight excluding hydrogens is 410 g/mol. The Balaban J connectivity index is 1.57. The van der Waals surface area contributed by atoms with Crippen LogP contribution in [0.5, 0.6) is 0 Å². The zero-order chi connectivity index (χ0) is 22.8. The largest absolute Gasteiger partial charge is 0.376 e. The molecule has 0 bridgehead atoms. The van der Waals surface area contributed by atoms with Crippen molar-refractivity contribution in [2.45, 2.75) is 51.5 Å². The van der Waals surface area contributed by atoms with Crippen molar-refractivity contribution in [1.82, 2.24) is 25.1 Å². The molecule has 0 spiro atoms. The minimum absolute atomic E-state index is 0.00990. The second kappa shape index (κ2) is 9.46. The molecule has 9 nitrogen and oxygen atoms in total. The van der Waals surface area contributed by atoms with Crippen LogP contribution in [0.4, 0.5) is 4.79 Å². The molecule has 3 fully saturated rings. The van der Waals surface area contributed by atoms with Crippen LogP contribution in [0.3, 0.4) is 0 Å². The predicted molar refractivity (Wildman–Crippen MR) is 118 cm³/mol. The van der Waals surface area contributed by atoms with Crippen molar-refractivity contribution in [2.75, 3.05) is 33.3 Å². The van der Waals surface area contributed by atoms with Gasteiger partial charge in [-0.15, -0.1) is 0 Å². The number of carbonyl (C=O) groups is 3. The highest BCUT2D eigenvalue weighted by Crippen LogP contribution is 2.30. The molecule has 0 aliphatic carbocycles. The zero-order valence-electron chi connectivity index (χ0n) is 19.1. The minimum atomic E-state index is -0.597. The number of fused-ring (bicyclic) bond motifs is 1. The fourth-order valence-electron chi connectivity index (χ4n) is 4.91. The van der Waals surface area contributed by atoms with Crippen LogP contribution < -0.4 is 5.32 Å². The lowest BCUT2D eigenvalue weighted by Gasteiger charge is -2.55. The van der Waals surface area contributed by atoms with Gasteiger partial charge in [0.25, 0.3) is 0 Å². The molecule has 32 heavy (non-hydrogen) atoms. The molecular formula is C23H33N5O4. The van der Waals surface area contributed by atoms with Crippen LogP contribution in [0.1, 0.15) is 32.3 Å². The van der Waals surface area contributed by atoms with E-state index in [9.17, 15) is 14.4 Å². The number of rotatable bonds is 5. The lowest BCUT2D eigenvalue weighted by molar-refractivity contribution is -0.191. The topological polar surface area (TPSA) is 85.4 Å². The molecule has 0 radical (unpaired) electrons. The van der Waals surface area contributed by atoms with Crippen LogP contribution in [0.2, 0.25) is 0 Å². The maximum Gasteiger partial charge on any atom is 0.334 e. The molecule has 4 rings (SSSR count). The average Bonchev–Trinajstić information content (AvgIpc) is 3.27. The molecule has 174 valence electrons. The van der Waals surface area contributed by atoms with E-state index in [1.54, 1.807) is 26.9 Å². The predicted octanol–water partition coefficient (Wildman–Crippen LogP) is 1.26. The van der Waals surface area contributed by atoms with Crippen LogP contribution in [-0.4, -0.2) is 89.3 Å². The fraction of sp³-hybridized carbons (Fsp3) is 0.609. The van der Waals surface area contributed by atoms with Crippen molar-refractivity contribution in [3.8, 4) is 0 Å². The van der Waals surface area contributed by atoms with Gasteiger partial charge in [-0.3, -0.25) is 9.59 Å². The third-order valence-electron chi connectivity index (χ3n) is 6.45. The third kappa shape index (κ3) is 4.45. The smallest absolute Gasteiger partial charge is 0.334 e. The number of likely N-dealkylation sites (N-methyl/N-ethyl adjacent to an activating group) is 1. The number of nitrogens with zero attached hydrogens (tertiary/aromatic N) is 4. The molecule has 1 aromatic carbocycles. The number of piperazine rings is 1. The number of carbonyl (C=O) groups excluding carboxylic acids is 3. The normalized spacial score (nSPS) is 26.6. The van der Waals surface area contributed by atoms with E-state index >= 15 is 0 Å². The Labute approximate surface area is 189 Å². The highest BCUT2D eigenvalue weighted by Gasteiger charge is 2.51. The van der Waals surface area contributed by atoms with Gasteiger partial charge in [0.2, 0.25) is 11.8 Å². The van der Waals surface area contributed by atoms with E-state index in [4.69, 9.17) is 4.74 Å². The second-order valence-electron chi connectivity index (χ2n) is 9.15. The molecule has 1 N–H and O–H groups in total. The highest BCUT2D eigenvalue weighted by atomic mass is 16.5. The van der Waals surface area contributed by atoms with E-state index in [1.165, 1.54) is 0 Å². The lowest BCUT2D eigenvalue weighted by atomic mass is 9.96. The van der Waals surface area contributed by atoms with Gasteiger partial charge in [-0.1, -0.05) is 44.2 Å². The Morgan fingerprint density at radius 3 is 2.62 bits per heavy atom. The summed E-state index contributed by atoms with van der Waals surface area (Å²) >= 11 is 0. The van der Waals surface area contributed by atoms with Crippen LogP contribution in [0.25, 0.3) is 0 Å². The van der Waals surface area contributed by atoms with Gasteiger partial charge in [-0.25, -0.2) is 14.8 Å². The Hall–Kier alpha value is -2.65. The molecule has 1 unspecified atom stereocenters. The van der Waals surface area contributed by atoms with Gasteiger partial charge in [0, 0.05) is 26.7 Å². The Kier molecular flexibility index (Phi) is 6.66. The van der Waals surface area contributed by atoms with Gasteiger partial charge in [0.05, 0.1) is 19.2 Å².